The van der Waals surface area contributed by atoms with Crippen LogP contribution in [-0.4, -0.2) is 16.3 Å². The average Bonchev–Trinajstić information content (AvgIpc) is 2.71. The number of benzene rings is 1. The smallest absolute Gasteiger partial charge is 0.0819 e. The molecule has 1 aromatic carbocycles. The summed E-state index contributed by atoms with van der Waals surface area (Å²) in [5, 5.41) is 8.58. The summed E-state index contributed by atoms with van der Waals surface area (Å²) in [6.45, 7) is 10.4. The molecule has 3 nitrogen and oxygen atoms in total. The highest BCUT2D eigenvalue weighted by molar-refractivity contribution is 6.31. The van der Waals surface area contributed by atoms with E-state index in [2.05, 4.69) is 49.4 Å². The molecule has 2 rings (SSSR count). The van der Waals surface area contributed by atoms with Crippen LogP contribution in [-0.2, 0) is 6.54 Å². The Morgan fingerprint density at radius 1 is 1.30 bits per heavy atom. The Hall–Kier alpha value is -1.32. The van der Waals surface area contributed by atoms with Gasteiger partial charge in [0.15, 0.2) is 0 Å². The standard InChI is InChI=1S/C16H22ClN3/c1-11(2)8-18-9-14-5-6-15(7-12(14)3)20-10-16(17)13(4)19-20/h5-7,10-11,18H,8-9H2,1-4H3. The van der Waals surface area contributed by atoms with Gasteiger partial charge in [-0.25, -0.2) is 4.68 Å². The van der Waals surface area contributed by atoms with Gasteiger partial charge in [-0.3, -0.25) is 0 Å². The van der Waals surface area contributed by atoms with E-state index in [4.69, 9.17) is 11.6 Å². The monoisotopic (exact) mass is 291 g/mol. The molecule has 108 valence electrons. The first kappa shape index (κ1) is 15.1. The highest BCUT2D eigenvalue weighted by Gasteiger charge is 2.06. The summed E-state index contributed by atoms with van der Waals surface area (Å²) in [5.74, 6) is 0.670. The van der Waals surface area contributed by atoms with Crippen LogP contribution in [0, 0.1) is 19.8 Å². The molecule has 0 aliphatic carbocycles. The summed E-state index contributed by atoms with van der Waals surface area (Å²) in [6, 6.07) is 6.39. The van der Waals surface area contributed by atoms with Crippen LogP contribution in [0.1, 0.15) is 30.7 Å². The van der Waals surface area contributed by atoms with Gasteiger partial charge < -0.3 is 5.32 Å². The molecule has 0 amide bonds. The normalized spacial score (nSPS) is 11.3. The fourth-order valence-electron chi connectivity index (χ4n) is 2.09. The first-order valence-corrected chi connectivity index (χ1v) is 7.37. The van der Waals surface area contributed by atoms with E-state index in [1.165, 1.54) is 11.1 Å². The Balaban J connectivity index is 2.13. The molecule has 1 aromatic heterocycles. The number of nitrogens with one attached hydrogen (secondary N) is 1. The van der Waals surface area contributed by atoms with Crippen LogP contribution in [0.3, 0.4) is 0 Å². The minimum atomic E-state index is 0.670. The third kappa shape index (κ3) is 3.62. The Morgan fingerprint density at radius 3 is 2.60 bits per heavy atom. The molecule has 0 aliphatic rings. The van der Waals surface area contributed by atoms with Crippen molar-refractivity contribution in [2.45, 2.75) is 34.2 Å². The van der Waals surface area contributed by atoms with Gasteiger partial charge in [-0.05, 0) is 49.6 Å². The van der Waals surface area contributed by atoms with Crippen molar-refractivity contribution in [1.82, 2.24) is 15.1 Å². The van der Waals surface area contributed by atoms with Gasteiger partial charge in [-0.2, -0.15) is 5.10 Å². The lowest BCUT2D eigenvalue weighted by Crippen LogP contribution is -2.19. The highest BCUT2D eigenvalue weighted by Crippen LogP contribution is 2.18. The molecule has 0 fully saturated rings. The summed E-state index contributed by atoms with van der Waals surface area (Å²) in [6.07, 6.45) is 1.85. The molecule has 0 bridgehead atoms. The minimum Gasteiger partial charge on any atom is -0.312 e. The molecular formula is C16H22ClN3. The molecule has 1 heterocycles. The predicted octanol–water partition coefficient (Wildman–Crippen LogP) is 3.89. The summed E-state index contributed by atoms with van der Waals surface area (Å²) >= 11 is 6.06. The maximum absolute atomic E-state index is 6.06. The number of rotatable bonds is 5. The molecule has 0 spiro atoms. The fraction of sp³-hybridized carbons (Fsp3) is 0.438. The molecule has 1 N–H and O–H groups in total. The molecule has 0 saturated heterocycles. The van der Waals surface area contributed by atoms with Crippen molar-refractivity contribution in [2.24, 2.45) is 5.92 Å². The molecule has 0 saturated carbocycles. The zero-order valence-corrected chi connectivity index (χ0v) is 13.3. The molecule has 20 heavy (non-hydrogen) atoms. The number of aromatic nitrogens is 2. The zero-order chi connectivity index (χ0) is 14.7. The van der Waals surface area contributed by atoms with Crippen molar-refractivity contribution < 1.29 is 0 Å². The number of hydrogen-bond acceptors (Lipinski definition) is 2. The lowest BCUT2D eigenvalue weighted by atomic mass is 10.1. The number of halogens is 1. The van der Waals surface area contributed by atoms with Crippen LogP contribution in [0.2, 0.25) is 5.02 Å². The first-order chi connectivity index (χ1) is 9.47. The highest BCUT2D eigenvalue weighted by atomic mass is 35.5. The van der Waals surface area contributed by atoms with Gasteiger partial charge in [0.2, 0.25) is 0 Å². The third-order valence-electron chi connectivity index (χ3n) is 3.30. The van der Waals surface area contributed by atoms with Crippen molar-refractivity contribution >= 4 is 11.6 Å². The largest absolute Gasteiger partial charge is 0.312 e. The quantitative estimate of drug-likeness (QED) is 0.906. The molecule has 0 unspecified atom stereocenters. The van der Waals surface area contributed by atoms with Crippen molar-refractivity contribution in [3.8, 4) is 5.69 Å². The average molecular weight is 292 g/mol. The van der Waals surface area contributed by atoms with Gasteiger partial charge in [-0.15, -0.1) is 0 Å². The van der Waals surface area contributed by atoms with Gasteiger partial charge in [0, 0.05) is 12.7 Å². The van der Waals surface area contributed by atoms with Crippen molar-refractivity contribution in [3.05, 3.63) is 46.2 Å². The van der Waals surface area contributed by atoms with Crippen molar-refractivity contribution in [2.75, 3.05) is 6.54 Å². The molecular weight excluding hydrogens is 270 g/mol. The Kier molecular flexibility index (Phi) is 4.84. The number of hydrogen-bond donors (Lipinski definition) is 1. The first-order valence-electron chi connectivity index (χ1n) is 6.99. The lowest BCUT2D eigenvalue weighted by molar-refractivity contribution is 0.551. The van der Waals surface area contributed by atoms with Crippen LogP contribution in [0.15, 0.2) is 24.4 Å². The fourth-order valence-corrected chi connectivity index (χ4v) is 2.22. The predicted molar refractivity (Wildman–Crippen MR) is 84.6 cm³/mol. The topological polar surface area (TPSA) is 29.9 Å². The second-order valence-corrected chi connectivity index (χ2v) is 6.05. The molecule has 0 radical (unpaired) electrons. The van der Waals surface area contributed by atoms with Crippen LogP contribution in [0.25, 0.3) is 5.69 Å². The van der Waals surface area contributed by atoms with E-state index in [9.17, 15) is 0 Å². The minimum absolute atomic E-state index is 0.670. The maximum Gasteiger partial charge on any atom is 0.0819 e. The van der Waals surface area contributed by atoms with Crippen LogP contribution in [0.5, 0.6) is 0 Å². The second kappa shape index (κ2) is 6.42. The van der Waals surface area contributed by atoms with E-state index in [0.29, 0.717) is 10.9 Å². The summed E-state index contributed by atoms with van der Waals surface area (Å²) in [7, 11) is 0. The maximum atomic E-state index is 6.06. The molecule has 4 heteroatoms. The van der Waals surface area contributed by atoms with Crippen LogP contribution in [0.4, 0.5) is 0 Å². The van der Waals surface area contributed by atoms with Crippen LogP contribution >= 0.6 is 11.6 Å². The SMILES string of the molecule is Cc1cc(-n2cc(Cl)c(C)n2)ccc1CNCC(C)C. The summed E-state index contributed by atoms with van der Waals surface area (Å²) in [4.78, 5) is 0. The molecule has 2 aromatic rings. The van der Waals surface area contributed by atoms with E-state index in [1.54, 1.807) is 0 Å². The number of aryl methyl sites for hydroxylation is 2. The van der Waals surface area contributed by atoms with Gasteiger partial charge in [-0.1, -0.05) is 31.5 Å². The van der Waals surface area contributed by atoms with Crippen molar-refractivity contribution in [3.63, 3.8) is 0 Å². The second-order valence-electron chi connectivity index (χ2n) is 5.64. The van der Waals surface area contributed by atoms with Crippen molar-refractivity contribution in [1.29, 1.82) is 0 Å². The number of nitrogens with zero attached hydrogens (tertiary/aromatic N) is 2. The van der Waals surface area contributed by atoms with Crippen LogP contribution < -0.4 is 5.32 Å². The zero-order valence-electron chi connectivity index (χ0n) is 12.6. The van der Waals surface area contributed by atoms with Gasteiger partial charge in [0.1, 0.15) is 0 Å². The Labute approximate surface area is 126 Å². The lowest BCUT2D eigenvalue weighted by Gasteiger charge is -2.11. The van der Waals surface area contributed by atoms with Gasteiger partial charge in [0.05, 0.1) is 16.4 Å². The van der Waals surface area contributed by atoms with E-state index in [1.807, 2.05) is 17.8 Å². The van der Waals surface area contributed by atoms with Gasteiger partial charge >= 0.3 is 0 Å². The Bertz CT molecular complexity index is 568. The summed E-state index contributed by atoms with van der Waals surface area (Å²) < 4.78 is 1.83. The molecule has 0 aliphatic heterocycles. The van der Waals surface area contributed by atoms with Gasteiger partial charge in [0.25, 0.3) is 0 Å². The van der Waals surface area contributed by atoms with E-state index >= 15 is 0 Å². The molecule has 0 atom stereocenters. The van der Waals surface area contributed by atoms with E-state index < -0.39 is 0 Å². The third-order valence-corrected chi connectivity index (χ3v) is 3.67. The Morgan fingerprint density at radius 2 is 2.05 bits per heavy atom. The van der Waals surface area contributed by atoms with E-state index in [-0.39, 0.29) is 0 Å². The van der Waals surface area contributed by atoms with E-state index in [0.717, 1.165) is 24.5 Å². The summed E-state index contributed by atoms with van der Waals surface area (Å²) in [5.41, 5.74) is 4.49.